The van der Waals surface area contributed by atoms with E-state index in [4.69, 9.17) is 0 Å². The molecule has 2 aromatic rings. The molecule has 3 rings (SSSR count). The van der Waals surface area contributed by atoms with Crippen LogP contribution in [0.2, 0.25) is 0 Å². The molecule has 86 valence electrons. The molecule has 0 bridgehead atoms. The molecule has 1 aliphatic heterocycles. The van der Waals surface area contributed by atoms with Gasteiger partial charge in [-0.15, -0.1) is 0 Å². The van der Waals surface area contributed by atoms with Gasteiger partial charge in [0.15, 0.2) is 0 Å². The van der Waals surface area contributed by atoms with Gasteiger partial charge in [0, 0.05) is 11.3 Å². The minimum absolute atomic E-state index is 0.0151. The zero-order valence-corrected chi connectivity index (χ0v) is 10.2. The molecule has 1 amide bonds. The third-order valence-electron chi connectivity index (χ3n) is 2.87. The number of fused-ring (bicyclic) bond motifs is 1. The van der Waals surface area contributed by atoms with Crippen molar-refractivity contribution < 1.29 is 4.79 Å². The molecule has 0 saturated heterocycles. The SMILES string of the molecule is Cc1ccc2c(c1)C(=O)NC(c1ccsc1)N2. The van der Waals surface area contributed by atoms with Gasteiger partial charge in [-0.1, -0.05) is 11.6 Å². The summed E-state index contributed by atoms with van der Waals surface area (Å²) in [5, 5.41) is 10.3. The molecular weight excluding hydrogens is 232 g/mol. The van der Waals surface area contributed by atoms with Gasteiger partial charge < -0.3 is 10.6 Å². The standard InChI is InChI=1S/C13H12N2OS/c1-8-2-3-11-10(6-8)13(16)15-12(14-11)9-4-5-17-7-9/h2-7,12,14H,1H3,(H,15,16). The van der Waals surface area contributed by atoms with Crippen LogP contribution >= 0.6 is 11.3 Å². The maximum Gasteiger partial charge on any atom is 0.255 e. The van der Waals surface area contributed by atoms with Crippen molar-refractivity contribution in [1.29, 1.82) is 0 Å². The summed E-state index contributed by atoms with van der Waals surface area (Å²) in [6.07, 6.45) is -0.121. The molecule has 0 fully saturated rings. The number of aryl methyl sites for hydroxylation is 1. The number of hydrogen-bond donors (Lipinski definition) is 2. The molecule has 0 aliphatic carbocycles. The molecule has 2 N–H and O–H groups in total. The lowest BCUT2D eigenvalue weighted by atomic mass is 10.0. The van der Waals surface area contributed by atoms with Gasteiger partial charge in [0.25, 0.3) is 5.91 Å². The normalized spacial score (nSPS) is 18.2. The Balaban J connectivity index is 1.99. The van der Waals surface area contributed by atoms with Gasteiger partial charge in [0.1, 0.15) is 6.17 Å². The predicted molar refractivity (Wildman–Crippen MR) is 69.3 cm³/mol. The zero-order chi connectivity index (χ0) is 11.8. The van der Waals surface area contributed by atoms with E-state index in [2.05, 4.69) is 10.6 Å². The summed E-state index contributed by atoms with van der Waals surface area (Å²) < 4.78 is 0. The van der Waals surface area contributed by atoms with Crippen molar-refractivity contribution in [3.8, 4) is 0 Å². The topological polar surface area (TPSA) is 41.1 Å². The number of carbonyl (C=O) groups is 1. The molecular formula is C13H12N2OS. The molecule has 17 heavy (non-hydrogen) atoms. The number of anilines is 1. The Morgan fingerprint density at radius 1 is 1.24 bits per heavy atom. The molecule has 1 atom stereocenters. The first-order chi connectivity index (χ1) is 8.24. The minimum atomic E-state index is -0.121. The third-order valence-corrected chi connectivity index (χ3v) is 3.57. The number of nitrogens with one attached hydrogen (secondary N) is 2. The summed E-state index contributed by atoms with van der Waals surface area (Å²) in [4.78, 5) is 12.0. The smallest absolute Gasteiger partial charge is 0.255 e. The van der Waals surface area contributed by atoms with E-state index in [0.29, 0.717) is 0 Å². The highest BCUT2D eigenvalue weighted by Gasteiger charge is 2.24. The highest BCUT2D eigenvalue weighted by Crippen LogP contribution is 2.27. The maximum atomic E-state index is 12.0. The number of amides is 1. The van der Waals surface area contributed by atoms with Crippen molar-refractivity contribution in [2.24, 2.45) is 0 Å². The summed E-state index contributed by atoms with van der Waals surface area (Å²) in [6.45, 7) is 1.98. The van der Waals surface area contributed by atoms with Crippen molar-refractivity contribution in [1.82, 2.24) is 5.32 Å². The lowest BCUT2D eigenvalue weighted by molar-refractivity contribution is 0.0935. The molecule has 1 aliphatic rings. The van der Waals surface area contributed by atoms with Crippen LogP contribution < -0.4 is 10.6 Å². The fourth-order valence-corrected chi connectivity index (χ4v) is 2.66. The van der Waals surface area contributed by atoms with Crippen LogP contribution in [0.4, 0.5) is 5.69 Å². The summed E-state index contributed by atoms with van der Waals surface area (Å²) in [7, 11) is 0. The van der Waals surface area contributed by atoms with Crippen LogP contribution in [0.5, 0.6) is 0 Å². The van der Waals surface area contributed by atoms with E-state index >= 15 is 0 Å². The van der Waals surface area contributed by atoms with E-state index in [1.165, 1.54) is 0 Å². The summed E-state index contributed by atoms with van der Waals surface area (Å²) in [5.74, 6) is -0.0151. The molecule has 0 radical (unpaired) electrons. The quantitative estimate of drug-likeness (QED) is 0.809. The highest BCUT2D eigenvalue weighted by atomic mass is 32.1. The molecule has 1 aromatic carbocycles. The van der Waals surface area contributed by atoms with Crippen molar-refractivity contribution in [2.45, 2.75) is 13.1 Å². The average molecular weight is 244 g/mol. The number of benzene rings is 1. The van der Waals surface area contributed by atoms with Crippen LogP contribution in [0.3, 0.4) is 0 Å². The first-order valence-electron chi connectivity index (χ1n) is 5.44. The van der Waals surface area contributed by atoms with Gasteiger partial charge in [-0.2, -0.15) is 11.3 Å². The van der Waals surface area contributed by atoms with Crippen molar-refractivity contribution in [3.63, 3.8) is 0 Å². The fraction of sp³-hybridized carbons (Fsp3) is 0.154. The second-order valence-electron chi connectivity index (χ2n) is 4.16. The predicted octanol–water partition coefficient (Wildman–Crippen LogP) is 2.91. The van der Waals surface area contributed by atoms with Gasteiger partial charge in [-0.3, -0.25) is 4.79 Å². The third kappa shape index (κ3) is 1.80. The molecule has 0 saturated carbocycles. The van der Waals surface area contributed by atoms with E-state index in [0.717, 1.165) is 22.4 Å². The van der Waals surface area contributed by atoms with Crippen molar-refractivity contribution in [2.75, 3.05) is 5.32 Å². The van der Waals surface area contributed by atoms with E-state index in [1.807, 2.05) is 41.9 Å². The van der Waals surface area contributed by atoms with Gasteiger partial charge in [0.2, 0.25) is 0 Å². The molecule has 0 spiro atoms. The van der Waals surface area contributed by atoms with Gasteiger partial charge >= 0.3 is 0 Å². The summed E-state index contributed by atoms with van der Waals surface area (Å²) in [6, 6.07) is 7.89. The molecule has 1 unspecified atom stereocenters. The number of carbonyl (C=O) groups excluding carboxylic acids is 1. The summed E-state index contributed by atoms with van der Waals surface area (Å²) in [5.41, 5.74) is 3.80. The molecule has 2 heterocycles. The van der Waals surface area contributed by atoms with E-state index in [-0.39, 0.29) is 12.1 Å². The lowest BCUT2D eigenvalue weighted by Gasteiger charge is -2.27. The highest BCUT2D eigenvalue weighted by molar-refractivity contribution is 7.08. The summed E-state index contributed by atoms with van der Waals surface area (Å²) >= 11 is 1.63. The monoisotopic (exact) mass is 244 g/mol. The van der Waals surface area contributed by atoms with Crippen LogP contribution in [0.1, 0.15) is 27.7 Å². The first-order valence-corrected chi connectivity index (χ1v) is 6.38. The second-order valence-corrected chi connectivity index (χ2v) is 4.94. The van der Waals surface area contributed by atoms with Gasteiger partial charge in [-0.25, -0.2) is 0 Å². The Morgan fingerprint density at radius 2 is 2.12 bits per heavy atom. The number of thiophene rings is 1. The molecule has 1 aromatic heterocycles. The Morgan fingerprint density at radius 3 is 2.88 bits per heavy atom. The Labute approximate surface area is 103 Å². The largest absolute Gasteiger partial charge is 0.361 e. The van der Waals surface area contributed by atoms with Gasteiger partial charge in [0.05, 0.1) is 5.56 Å². The van der Waals surface area contributed by atoms with Crippen molar-refractivity contribution in [3.05, 3.63) is 51.7 Å². The molecule has 4 heteroatoms. The Kier molecular flexibility index (Phi) is 2.37. The maximum absolute atomic E-state index is 12.0. The van der Waals surface area contributed by atoms with E-state index < -0.39 is 0 Å². The number of rotatable bonds is 1. The van der Waals surface area contributed by atoms with Gasteiger partial charge in [-0.05, 0) is 35.9 Å². The second kappa shape index (κ2) is 3.89. The zero-order valence-electron chi connectivity index (χ0n) is 9.36. The number of hydrogen-bond acceptors (Lipinski definition) is 3. The van der Waals surface area contributed by atoms with Crippen LogP contribution in [-0.4, -0.2) is 5.91 Å². The minimum Gasteiger partial charge on any atom is -0.361 e. The van der Waals surface area contributed by atoms with Crippen LogP contribution in [-0.2, 0) is 0 Å². The lowest BCUT2D eigenvalue weighted by Crippen LogP contribution is -2.38. The first kappa shape index (κ1) is 10.4. The average Bonchev–Trinajstić information content (AvgIpc) is 2.83. The Bertz CT molecular complexity index is 563. The van der Waals surface area contributed by atoms with Crippen LogP contribution in [0.25, 0.3) is 0 Å². The fourth-order valence-electron chi connectivity index (χ4n) is 1.98. The van der Waals surface area contributed by atoms with Crippen LogP contribution in [0, 0.1) is 6.92 Å². The Hall–Kier alpha value is -1.81. The van der Waals surface area contributed by atoms with Crippen LogP contribution in [0.15, 0.2) is 35.0 Å². The van der Waals surface area contributed by atoms with Crippen molar-refractivity contribution >= 4 is 22.9 Å². The molecule has 3 nitrogen and oxygen atoms in total. The van der Waals surface area contributed by atoms with E-state index in [9.17, 15) is 4.79 Å². The van der Waals surface area contributed by atoms with E-state index in [1.54, 1.807) is 11.3 Å².